The van der Waals surface area contributed by atoms with Crippen LogP contribution in [0.25, 0.3) is 0 Å². The summed E-state index contributed by atoms with van der Waals surface area (Å²) in [4.78, 5) is 34.7. The van der Waals surface area contributed by atoms with Crippen molar-refractivity contribution in [1.29, 1.82) is 0 Å². The number of esters is 2. The molecule has 0 rings (SSSR count). The van der Waals surface area contributed by atoms with Crippen molar-refractivity contribution in [3.05, 3.63) is 0 Å². The second-order valence-electron chi connectivity index (χ2n) is 15.1. The average molecular weight is 761 g/mol. The number of rotatable bonds is 42. The topological polar surface area (TPSA) is 108 Å². The number of phosphoric acid groups is 1. The van der Waals surface area contributed by atoms with Gasteiger partial charge < -0.3 is 14.4 Å². The first-order chi connectivity index (χ1) is 25.3. The monoisotopic (exact) mass is 761 g/mol. The number of ether oxygens (including phenoxy) is 2. The predicted octanol–water partition coefficient (Wildman–Crippen LogP) is 13.9. The third-order valence-electron chi connectivity index (χ3n) is 9.91. The first-order valence-corrected chi connectivity index (χ1v) is 23.8. The van der Waals surface area contributed by atoms with E-state index >= 15 is 0 Å². The summed E-state index contributed by atoms with van der Waals surface area (Å²) in [7, 11) is -4.27. The maximum absolute atomic E-state index is 12.6. The highest BCUT2D eigenvalue weighted by Crippen LogP contribution is 2.43. The Kier molecular flexibility index (Phi) is 39.0. The summed E-state index contributed by atoms with van der Waals surface area (Å²) in [5.74, 6) is -0.781. The highest BCUT2D eigenvalue weighted by atomic mass is 31.2. The molecule has 0 aromatic carbocycles. The van der Waals surface area contributed by atoms with Gasteiger partial charge in [-0.3, -0.25) is 18.6 Å². The SMILES string of the molecule is CCCCCCCCCCCCCCCCCCCCCCC(=O)OC(COC(=O)CCCCCCCCCCCCCC)COP(=O)(O)OCC. The van der Waals surface area contributed by atoms with Crippen molar-refractivity contribution in [2.75, 3.05) is 19.8 Å². The Balaban J connectivity index is 3.97. The number of carbonyl (C=O) groups excluding carboxylic acids is 2. The molecule has 0 spiro atoms. The van der Waals surface area contributed by atoms with Crippen molar-refractivity contribution in [3.63, 3.8) is 0 Å². The Morgan fingerprint density at radius 1 is 0.442 bits per heavy atom. The van der Waals surface area contributed by atoms with Crippen LogP contribution in [0.3, 0.4) is 0 Å². The zero-order valence-electron chi connectivity index (χ0n) is 34.5. The normalized spacial score (nSPS) is 13.2. The molecule has 0 aliphatic carbocycles. The zero-order chi connectivity index (χ0) is 38.2. The van der Waals surface area contributed by atoms with Gasteiger partial charge in [-0.05, 0) is 19.8 Å². The molecule has 9 heteroatoms. The lowest BCUT2D eigenvalue weighted by atomic mass is 10.0. The van der Waals surface area contributed by atoms with Crippen LogP contribution in [0, 0.1) is 0 Å². The standard InChI is InChI=1S/C43H85O8P/c1-4-7-9-11-13-15-17-19-20-21-22-23-24-25-26-28-30-32-34-36-38-43(45)51-41(40-50-52(46,47)49-6-3)39-48-42(44)37-35-33-31-29-27-18-16-14-12-10-8-5-2/h41H,4-40H2,1-3H3,(H,46,47). The minimum Gasteiger partial charge on any atom is -0.462 e. The molecule has 52 heavy (non-hydrogen) atoms. The van der Waals surface area contributed by atoms with E-state index in [0.717, 1.165) is 38.5 Å². The van der Waals surface area contributed by atoms with Crippen molar-refractivity contribution in [2.45, 2.75) is 245 Å². The smallest absolute Gasteiger partial charge is 0.462 e. The minimum atomic E-state index is -4.27. The second-order valence-corrected chi connectivity index (χ2v) is 16.5. The second kappa shape index (κ2) is 39.7. The van der Waals surface area contributed by atoms with Gasteiger partial charge in [0.15, 0.2) is 6.10 Å². The largest absolute Gasteiger partial charge is 0.472 e. The highest BCUT2D eigenvalue weighted by molar-refractivity contribution is 7.47. The van der Waals surface area contributed by atoms with Gasteiger partial charge in [-0.25, -0.2) is 4.57 Å². The molecular weight excluding hydrogens is 675 g/mol. The number of unbranched alkanes of at least 4 members (excludes halogenated alkanes) is 30. The molecule has 2 atom stereocenters. The van der Waals surface area contributed by atoms with E-state index in [4.69, 9.17) is 18.5 Å². The van der Waals surface area contributed by atoms with E-state index in [1.807, 2.05) is 0 Å². The summed E-state index contributed by atoms with van der Waals surface area (Å²) in [6.45, 7) is 5.52. The molecule has 0 heterocycles. The quantitative estimate of drug-likeness (QED) is 0.0372. The first kappa shape index (κ1) is 51.0. The Morgan fingerprint density at radius 3 is 1.08 bits per heavy atom. The molecule has 0 aromatic rings. The van der Waals surface area contributed by atoms with Crippen molar-refractivity contribution >= 4 is 19.8 Å². The molecular formula is C43H85O8P. The Hall–Kier alpha value is -0.950. The van der Waals surface area contributed by atoms with Crippen molar-refractivity contribution in [2.24, 2.45) is 0 Å². The third kappa shape index (κ3) is 38.8. The van der Waals surface area contributed by atoms with Gasteiger partial charge in [0.1, 0.15) is 6.61 Å². The van der Waals surface area contributed by atoms with Crippen LogP contribution in [0.1, 0.15) is 239 Å². The van der Waals surface area contributed by atoms with Crippen LogP contribution in [0.5, 0.6) is 0 Å². The summed E-state index contributed by atoms with van der Waals surface area (Å²) < 4.78 is 32.6. The van der Waals surface area contributed by atoms with E-state index in [-0.39, 0.29) is 32.2 Å². The van der Waals surface area contributed by atoms with Crippen molar-refractivity contribution in [1.82, 2.24) is 0 Å². The van der Waals surface area contributed by atoms with E-state index in [0.29, 0.717) is 6.42 Å². The van der Waals surface area contributed by atoms with E-state index in [9.17, 15) is 19.0 Å². The van der Waals surface area contributed by atoms with Crippen LogP contribution >= 0.6 is 7.82 Å². The maximum atomic E-state index is 12.6. The molecule has 0 saturated carbocycles. The fourth-order valence-electron chi connectivity index (χ4n) is 6.63. The molecule has 0 saturated heterocycles. The van der Waals surface area contributed by atoms with Gasteiger partial charge in [-0.2, -0.15) is 0 Å². The lowest BCUT2D eigenvalue weighted by molar-refractivity contribution is -0.161. The van der Waals surface area contributed by atoms with Crippen LogP contribution in [0.4, 0.5) is 0 Å². The van der Waals surface area contributed by atoms with Gasteiger partial charge in [0.25, 0.3) is 0 Å². The summed E-state index contributed by atoms with van der Waals surface area (Å²) in [6, 6.07) is 0. The van der Waals surface area contributed by atoms with Gasteiger partial charge in [0.05, 0.1) is 13.2 Å². The molecule has 0 radical (unpaired) electrons. The Morgan fingerprint density at radius 2 is 0.750 bits per heavy atom. The lowest BCUT2D eigenvalue weighted by Gasteiger charge is -2.19. The van der Waals surface area contributed by atoms with Gasteiger partial charge in [-0.15, -0.1) is 0 Å². The Bertz CT molecular complexity index is 823. The predicted molar refractivity (Wildman–Crippen MR) is 217 cm³/mol. The zero-order valence-corrected chi connectivity index (χ0v) is 35.4. The average Bonchev–Trinajstić information content (AvgIpc) is 3.12. The number of carbonyl (C=O) groups is 2. The molecule has 1 N–H and O–H groups in total. The number of hydrogen-bond donors (Lipinski definition) is 1. The van der Waals surface area contributed by atoms with E-state index in [1.165, 1.54) is 167 Å². The molecule has 0 bridgehead atoms. The molecule has 0 aliphatic rings. The van der Waals surface area contributed by atoms with Gasteiger partial charge in [0.2, 0.25) is 0 Å². The molecule has 0 fully saturated rings. The third-order valence-corrected chi connectivity index (χ3v) is 11.0. The van der Waals surface area contributed by atoms with Crippen molar-refractivity contribution in [3.8, 4) is 0 Å². The molecule has 0 aliphatic heterocycles. The van der Waals surface area contributed by atoms with Crippen LogP contribution in [-0.4, -0.2) is 42.8 Å². The summed E-state index contributed by atoms with van der Waals surface area (Å²) in [6.07, 6.45) is 40.2. The van der Waals surface area contributed by atoms with E-state index in [2.05, 4.69) is 13.8 Å². The van der Waals surface area contributed by atoms with Crippen LogP contribution < -0.4 is 0 Å². The van der Waals surface area contributed by atoms with Gasteiger partial charge in [-0.1, -0.05) is 206 Å². The Labute approximate surface area is 321 Å². The fraction of sp³-hybridized carbons (Fsp3) is 0.953. The first-order valence-electron chi connectivity index (χ1n) is 22.3. The molecule has 310 valence electrons. The maximum Gasteiger partial charge on any atom is 0.472 e. The minimum absolute atomic E-state index is 0.00566. The number of hydrogen-bond acceptors (Lipinski definition) is 7. The van der Waals surface area contributed by atoms with Crippen LogP contribution in [0.2, 0.25) is 0 Å². The number of phosphoric ester groups is 1. The van der Waals surface area contributed by atoms with E-state index < -0.39 is 19.9 Å². The summed E-state index contributed by atoms with van der Waals surface area (Å²) >= 11 is 0. The molecule has 0 aromatic heterocycles. The molecule has 2 unspecified atom stereocenters. The highest BCUT2D eigenvalue weighted by Gasteiger charge is 2.25. The fourth-order valence-corrected chi connectivity index (χ4v) is 7.39. The van der Waals surface area contributed by atoms with E-state index in [1.54, 1.807) is 6.92 Å². The van der Waals surface area contributed by atoms with Crippen LogP contribution in [-0.2, 0) is 32.7 Å². The van der Waals surface area contributed by atoms with Crippen LogP contribution in [0.15, 0.2) is 0 Å². The van der Waals surface area contributed by atoms with Gasteiger partial charge in [0, 0.05) is 12.8 Å². The van der Waals surface area contributed by atoms with Crippen molar-refractivity contribution < 1.29 is 37.6 Å². The molecule has 0 amide bonds. The summed E-state index contributed by atoms with van der Waals surface area (Å²) in [5.41, 5.74) is 0. The molecule has 8 nitrogen and oxygen atoms in total. The van der Waals surface area contributed by atoms with Gasteiger partial charge >= 0.3 is 19.8 Å². The lowest BCUT2D eigenvalue weighted by Crippen LogP contribution is -2.29. The summed E-state index contributed by atoms with van der Waals surface area (Å²) in [5, 5.41) is 0.